The Morgan fingerprint density at radius 3 is 2.80 bits per heavy atom. The fourth-order valence-electron chi connectivity index (χ4n) is 3.00. The van der Waals surface area contributed by atoms with Gasteiger partial charge in [-0.15, -0.1) is 11.3 Å². The Bertz CT molecular complexity index is 614. The van der Waals surface area contributed by atoms with Crippen LogP contribution in [0.15, 0.2) is 24.3 Å². The van der Waals surface area contributed by atoms with Gasteiger partial charge in [0.15, 0.2) is 0 Å². The van der Waals surface area contributed by atoms with E-state index in [0.29, 0.717) is 10.6 Å². The van der Waals surface area contributed by atoms with Crippen molar-refractivity contribution in [2.24, 2.45) is 5.92 Å². The molecule has 20 heavy (non-hydrogen) atoms. The first-order valence-corrected chi connectivity index (χ1v) is 8.12. The summed E-state index contributed by atoms with van der Waals surface area (Å²) in [6.07, 6.45) is 6.43. The van der Waals surface area contributed by atoms with E-state index in [1.54, 1.807) is 0 Å². The molecule has 1 aliphatic carbocycles. The highest BCUT2D eigenvalue weighted by atomic mass is 32.1. The summed E-state index contributed by atoms with van der Waals surface area (Å²) in [6, 6.07) is 7.90. The molecule has 1 aliphatic rings. The summed E-state index contributed by atoms with van der Waals surface area (Å²) in [5.74, 6) is 0.775. The number of benzene rings is 1. The Morgan fingerprint density at radius 1 is 1.30 bits per heavy atom. The lowest BCUT2D eigenvalue weighted by Gasteiger charge is -2.09. The quantitative estimate of drug-likeness (QED) is 0.899. The third kappa shape index (κ3) is 2.66. The van der Waals surface area contributed by atoms with Gasteiger partial charge in [-0.1, -0.05) is 43.9 Å². The molecule has 106 valence electrons. The van der Waals surface area contributed by atoms with E-state index in [2.05, 4.69) is 5.32 Å². The van der Waals surface area contributed by atoms with E-state index in [9.17, 15) is 4.79 Å². The molecule has 1 heterocycles. The predicted octanol–water partition coefficient (Wildman–Crippen LogP) is 3.79. The first-order chi connectivity index (χ1) is 9.75. The maximum absolute atomic E-state index is 12.2. The standard InChI is InChI=1S/C16H20N2OS/c17-14-12-7-3-4-8-13(12)20-15(14)16(19)18-10-9-11-5-1-2-6-11/h3-4,7-8,11H,1-2,5-6,9-10,17H2,(H,18,19). The Hall–Kier alpha value is -1.55. The number of carbonyl (C=O) groups is 1. The summed E-state index contributed by atoms with van der Waals surface area (Å²) in [5, 5.41) is 4.00. The van der Waals surface area contributed by atoms with Crippen LogP contribution in [-0.4, -0.2) is 12.5 Å². The van der Waals surface area contributed by atoms with Gasteiger partial charge in [0.25, 0.3) is 5.91 Å². The zero-order chi connectivity index (χ0) is 13.9. The van der Waals surface area contributed by atoms with Gasteiger partial charge in [0, 0.05) is 16.6 Å². The van der Waals surface area contributed by atoms with Crippen LogP contribution < -0.4 is 11.1 Å². The lowest BCUT2D eigenvalue weighted by Crippen LogP contribution is -2.25. The van der Waals surface area contributed by atoms with E-state index in [1.165, 1.54) is 37.0 Å². The molecular weight excluding hydrogens is 268 g/mol. The van der Waals surface area contributed by atoms with Crippen LogP contribution in [0.3, 0.4) is 0 Å². The van der Waals surface area contributed by atoms with Crippen molar-refractivity contribution in [2.45, 2.75) is 32.1 Å². The van der Waals surface area contributed by atoms with Gasteiger partial charge in [0.1, 0.15) is 4.88 Å². The van der Waals surface area contributed by atoms with Crippen LogP contribution in [0.4, 0.5) is 5.69 Å². The molecule has 2 aromatic rings. The van der Waals surface area contributed by atoms with Crippen LogP contribution in [-0.2, 0) is 0 Å². The molecule has 0 saturated heterocycles. The Kier molecular flexibility index (Phi) is 3.92. The molecule has 0 bridgehead atoms. The van der Waals surface area contributed by atoms with Gasteiger partial charge < -0.3 is 11.1 Å². The van der Waals surface area contributed by atoms with Crippen molar-refractivity contribution < 1.29 is 4.79 Å². The van der Waals surface area contributed by atoms with Crippen molar-refractivity contribution >= 4 is 33.0 Å². The number of anilines is 1. The van der Waals surface area contributed by atoms with Crippen molar-refractivity contribution in [3.63, 3.8) is 0 Å². The lowest BCUT2D eigenvalue weighted by molar-refractivity contribution is 0.0956. The number of fused-ring (bicyclic) bond motifs is 1. The lowest BCUT2D eigenvalue weighted by atomic mass is 10.0. The number of hydrogen-bond acceptors (Lipinski definition) is 3. The van der Waals surface area contributed by atoms with Crippen LogP contribution in [0.2, 0.25) is 0 Å². The molecule has 0 aliphatic heterocycles. The number of amides is 1. The smallest absolute Gasteiger partial charge is 0.263 e. The van der Waals surface area contributed by atoms with Crippen LogP contribution in [0.25, 0.3) is 10.1 Å². The van der Waals surface area contributed by atoms with E-state index >= 15 is 0 Å². The SMILES string of the molecule is Nc1c(C(=O)NCCC2CCCC2)sc2ccccc12. The molecule has 1 aromatic carbocycles. The second kappa shape index (κ2) is 5.83. The number of thiophene rings is 1. The van der Waals surface area contributed by atoms with E-state index in [0.717, 1.165) is 29.0 Å². The van der Waals surface area contributed by atoms with E-state index in [4.69, 9.17) is 5.73 Å². The molecule has 3 nitrogen and oxygen atoms in total. The maximum Gasteiger partial charge on any atom is 0.263 e. The second-order valence-electron chi connectivity index (χ2n) is 5.54. The van der Waals surface area contributed by atoms with E-state index in [-0.39, 0.29) is 5.91 Å². The average Bonchev–Trinajstić information content (AvgIpc) is 3.08. The summed E-state index contributed by atoms with van der Waals surface area (Å²) >= 11 is 1.48. The van der Waals surface area contributed by atoms with Gasteiger partial charge in [-0.25, -0.2) is 0 Å². The van der Waals surface area contributed by atoms with E-state index < -0.39 is 0 Å². The number of nitrogen functional groups attached to an aromatic ring is 1. The first-order valence-electron chi connectivity index (χ1n) is 7.31. The molecule has 1 fully saturated rings. The van der Waals surface area contributed by atoms with Crippen molar-refractivity contribution in [3.05, 3.63) is 29.1 Å². The zero-order valence-electron chi connectivity index (χ0n) is 11.5. The van der Waals surface area contributed by atoms with Crippen molar-refractivity contribution in [2.75, 3.05) is 12.3 Å². The Labute approximate surface area is 123 Å². The van der Waals surface area contributed by atoms with Crippen molar-refractivity contribution in [1.29, 1.82) is 0 Å². The Balaban J connectivity index is 1.64. The van der Waals surface area contributed by atoms with Gasteiger partial charge in [-0.2, -0.15) is 0 Å². The van der Waals surface area contributed by atoms with Gasteiger partial charge in [0.2, 0.25) is 0 Å². The predicted molar refractivity (Wildman–Crippen MR) is 85.1 cm³/mol. The number of carbonyl (C=O) groups excluding carboxylic acids is 1. The van der Waals surface area contributed by atoms with Crippen LogP contribution in [0.5, 0.6) is 0 Å². The van der Waals surface area contributed by atoms with Gasteiger partial charge in [-0.05, 0) is 18.4 Å². The monoisotopic (exact) mass is 288 g/mol. The average molecular weight is 288 g/mol. The molecular formula is C16H20N2OS. The molecule has 3 rings (SSSR count). The zero-order valence-corrected chi connectivity index (χ0v) is 12.3. The van der Waals surface area contributed by atoms with Crippen molar-refractivity contribution in [1.82, 2.24) is 5.32 Å². The molecule has 0 spiro atoms. The minimum absolute atomic E-state index is 0.0262. The summed E-state index contributed by atoms with van der Waals surface area (Å²) in [4.78, 5) is 12.9. The summed E-state index contributed by atoms with van der Waals surface area (Å²) < 4.78 is 1.07. The third-order valence-electron chi connectivity index (χ3n) is 4.15. The topological polar surface area (TPSA) is 55.1 Å². The van der Waals surface area contributed by atoms with Crippen LogP contribution >= 0.6 is 11.3 Å². The Morgan fingerprint density at radius 2 is 2.05 bits per heavy atom. The third-order valence-corrected chi connectivity index (χ3v) is 5.34. The van der Waals surface area contributed by atoms with Gasteiger partial charge >= 0.3 is 0 Å². The number of hydrogen-bond donors (Lipinski definition) is 2. The fraction of sp³-hybridized carbons (Fsp3) is 0.438. The highest BCUT2D eigenvalue weighted by molar-refractivity contribution is 7.21. The molecule has 0 unspecified atom stereocenters. The number of nitrogens with two attached hydrogens (primary N) is 1. The molecule has 3 N–H and O–H groups in total. The number of rotatable bonds is 4. The second-order valence-corrected chi connectivity index (χ2v) is 6.59. The minimum Gasteiger partial charge on any atom is -0.397 e. The molecule has 1 amide bonds. The van der Waals surface area contributed by atoms with Gasteiger partial charge in [0.05, 0.1) is 5.69 Å². The minimum atomic E-state index is -0.0262. The summed E-state index contributed by atoms with van der Waals surface area (Å²) in [7, 11) is 0. The maximum atomic E-state index is 12.2. The normalized spacial score (nSPS) is 15.8. The van der Waals surface area contributed by atoms with Crippen LogP contribution in [0, 0.1) is 5.92 Å². The number of nitrogens with one attached hydrogen (secondary N) is 1. The summed E-state index contributed by atoms with van der Waals surface area (Å²) in [5.41, 5.74) is 6.70. The highest BCUT2D eigenvalue weighted by Crippen LogP contribution is 2.33. The van der Waals surface area contributed by atoms with Gasteiger partial charge in [-0.3, -0.25) is 4.79 Å². The van der Waals surface area contributed by atoms with Crippen LogP contribution in [0.1, 0.15) is 41.8 Å². The molecule has 0 atom stereocenters. The molecule has 0 radical (unpaired) electrons. The molecule has 1 saturated carbocycles. The fourth-order valence-corrected chi connectivity index (χ4v) is 4.04. The highest BCUT2D eigenvalue weighted by Gasteiger charge is 2.17. The van der Waals surface area contributed by atoms with Crippen molar-refractivity contribution in [3.8, 4) is 0 Å². The van der Waals surface area contributed by atoms with E-state index in [1.807, 2.05) is 24.3 Å². The first kappa shape index (κ1) is 13.4. The molecule has 1 aromatic heterocycles. The largest absolute Gasteiger partial charge is 0.397 e. The summed E-state index contributed by atoms with van der Waals surface area (Å²) in [6.45, 7) is 0.761. The molecule has 4 heteroatoms.